The molecule has 0 aliphatic carbocycles. The number of carbonyl (C=O) groups excluding carboxylic acids is 1. The van der Waals surface area contributed by atoms with Crippen molar-refractivity contribution >= 4 is 5.91 Å². The van der Waals surface area contributed by atoms with Gasteiger partial charge in [0, 0.05) is 32.8 Å². The van der Waals surface area contributed by atoms with Crippen molar-refractivity contribution in [3.05, 3.63) is 0 Å². The summed E-state index contributed by atoms with van der Waals surface area (Å²) in [6.07, 6.45) is 1.87. The number of hydrogen-bond donors (Lipinski definition) is 1. The number of likely N-dealkylation sites (tertiary alicyclic amines) is 1. The second-order valence-corrected chi connectivity index (χ2v) is 7.74. The van der Waals surface area contributed by atoms with Crippen molar-refractivity contribution in [3.63, 3.8) is 0 Å². The van der Waals surface area contributed by atoms with E-state index >= 15 is 0 Å². The summed E-state index contributed by atoms with van der Waals surface area (Å²) in [5, 5.41) is 3.18. The van der Waals surface area contributed by atoms with E-state index in [1.807, 2.05) is 0 Å². The number of nitrogens with zero attached hydrogens (tertiary/aromatic N) is 2. The van der Waals surface area contributed by atoms with Crippen LogP contribution in [-0.2, 0) is 9.53 Å². The van der Waals surface area contributed by atoms with E-state index in [0.29, 0.717) is 18.6 Å². The maximum atomic E-state index is 12.9. The maximum Gasteiger partial charge on any atom is 0.227 e. The number of carbonyl (C=O) groups is 1. The predicted octanol–water partition coefficient (Wildman–Crippen LogP) is 1.83. The Labute approximate surface area is 142 Å². The van der Waals surface area contributed by atoms with Gasteiger partial charge in [0.05, 0.1) is 12.0 Å². The Morgan fingerprint density at radius 3 is 2.35 bits per heavy atom. The normalized spacial score (nSPS) is 18.8. The fourth-order valence-corrected chi connectivity index (χ4v) is 3.25. The quantitative estimate of drug-likeness (QED) is 0.702. The molecule has 1 rings (SSSR count). The standard InChI is InChI=1S/C18H37N3O2/c1-15(2)13-19-17(22)18(14-20(5)11-12-23-6)7-9-21(10-8-18)16(3)4/h15-16H,7-14H2,1-6H3,(H,19,22). The maximum absolute atomic E-state index is 12.9. The third-order valence-corrected chi connectivity index (χ3v) is 4.89. The molecule has 0 radical (unpaired) electrons. The van der Waals surface area contributed by atoms with Gasteiger partial charge in [-0.05, 0) is 52.7 Å². The van der Waals surface area contributed by atoms with Gasteiger partial charge in [-0.1, -0.05) is 13.8 Å². The van der Waals surface area contributed by atoms with Gasteiger partial charge in [0.25, 0.3) is 0 Å². The molecule has 0 aromatic heterocycles. The lowest BCUT2D eigenvalue weighted by molar-refractivity contribution is -0.135. The van der Waals surface area contributed by atoms with Crippen LogP contribution in [-0.4, -0.2) is 75.2 Å². The molecule has 1 amide bonds. The van der Waals surface area contributed by atoms with Crippen molar-refractivity contribution in [2.75, 3.05) is 53.5 Å². The molecule has 0 aromatic carbocycles. The van der Waals surface area contributed by atoms with E-state index in [4.69, 9.17) is 4.74 Å². The van der Waals surface area contributed by atoms with Gasteiger partial charge in [-0.25, -0.2) is 0 Å². The molecule has 1 aliphatic heterocycles. The topological polar surface area (TPSA) is 44.8 Å². The number of ether oxygens (including phenoxy) is 1. The summed E-state index contributed by atoms with van der Waals surface area (Å²) in [6.45, 7) is 13.9. The molecule has 0 spiro atoms. The Morgan fingerprint density at radius 1 is 1.26 bits per heavy atom. The Morgan fingerprint density at radius 2 is 1.87 bits per heavy atom. The van der Waals surface area contributed by atoms with Crippen LogP contribution in [0.4, 0.5) is 0 Å². The zero-order chi connectivity index (χ0) is 17.5. The van der Waals surface area contributed by atoms with Crippen molar-refractivity contribution in [3.8, 4) is 0 Å². The molecule has 1 N–H and O–H groups in total. The number of rotatable bonds is 9. The van der Waals surface area contributed by atoms with E-state index < -0.39 is 0 Å². The summed E-state index contributed by atoms with van der Waals surface area (Å²) < 4.78 is 5.17. The van der Waals surface area contributed by atoms with Gasteiger partial charge in [-0.3, -0.25) is 4.79 Å². The van der Waals surface area contributed by atoms with E-state index in [9.17, 15) is 4.79 Å². The lowest BCUT2D eigenvalue weighted by Gasteiger charge is -2.44. The highest BCUT2D eigenvalue weighted by Crippen LogP contribution is 2.33. The number of likely N-dealkylation sites (N-methyl/N-ethyl adjacent to an activating group) is 1. The van der Waals surface area contributed by atoms with Crippen LogP contribution in [0.15, 0.2) is 0 Å². The number of nitrogens with one attached hydrogen (secondary N) is 1. The monoisotopic (exact) mass is 327 g/mol. The van der Waals surface area contributed by atoms with Crippen molar-refractivity contribution < 1.29 is 9.53 Å². The lowest BCUT2D eigenvalue weighted by atomic mass is 9.76. The number of amides is 1. The summed E-state index contributed by atoms with van der Waals surface area (Å²) in [6, 6.07) is 0.554. The molecule has 23 heavy (non-hydrogen) atoms. The van der Waals surface area contributed by atoms with Gasteiger partial charge >= 0.3 is 0 Å². The first kappa shape index (κ1) is 20.4. The molecule has 1 heterocycles. The summed E-state index contributed by atoms with van der Waals surface area (Å²) in [4.78, 5) is 17.6. The van der Waals surface area contributed by atoms with E-state index in [-0.39, 0.29) is 11.3 Å². The number of piperidine rings is 1. The molecule has 5 heteroatoms. The second kappa shape index (κ2) is 9.60. The van der Waals surface area contributed by atoms with Gasteiger partial charge in [0.2, 0.25) is 5.91 Å². The molecule has 0 aromatic rings. The molecular formula is C18H37N3O2. The third kappa shape index (κ3) is 6.40. The highest BCUT2D eigenvalue weighted by molar-refractivity contribution is 5.83. The minimum atomic E-state index is -0.261. The molecule has 0 atom stereocenters. The van der Waals surface area contributed by atoms with Crippen LogP contribution >= 0.6 is 0 Å². The van der Waals surface area contributed by atoms with Crippen LogP contribution in [0.1, 0.15) is 40.5 Å². The highest BCUT2D eigenvalue weighted by Gasteiger charge is 2.42. The average Bonchev–Trinajstić information content (AvgIpc) is 2.50. The molecule has 0 saturated carbocycles. The fraction of sp³-hybridized carbons (Fsp3) is 0.944. The van der Waals surface area contributed by atoms with E-state index in [1.165, 1.54) is 0 Å². The highest BCUT2D eigenvalue weighted by atomic mass is 16.5. The molecule has 5 nitrogen and oxygen atoms in total. The Kier molecular flexibility index (Phi) is 8.51. The molecule has 136 valence electrons. The predicted molar refractivity (Wildman–Crippen MR) is 95.6 cm³/mol. The fourth-order valence-electron chi connectivity index (χ4n) is 3.25. The van der Waals surface area contributed by atoms with Crippen LogP contribution in [0.25, 0.3) is 0 Å². The van der Waals surface area contributed by atoms with Crippen molar-refractivity contribution in [2.24, 2.45) is 11.3 Å². The number of methoxy groups -OCH3 is 1. The smallest absolute Gasteiger partial charge is 0.227 e. The van der Waals surface area contributed by atoms with Crippen molar-refractivity contribution in [2.45, 2.75) is 46.6 Å². The summed E-state index contributed by atoms with van der Waals surface area (Å²) >= 11 is 0. The van der Waals surface area contributed by atoms with Crippen molar-refractivity contribution in [1.82, 2.24) is 15.1 Å². The molecule has 1 saturated heterocycles. The van der Waals surface area contributed by atoms with Gasteiger partial charge in [0.15, 0.2) is 0 Å². The molecular weight excluding hydrogens is 290 g/mol. The largest absolute Gasteiger partial charge is 0.383 e. The summed E-state index contributed by atoms with van der Waals surface area (Å²) in [7, 11) is 3.81. The van der Waals surface area contributed by atoms with Gasteiger partial charge in [0.1, 0.15) is 0 Å². The average molecular weight is 328 g/mol. The van der Waals surface area contributed by atoms with Crippen LogP contribution in [0.5, 0.6) is 0 Å². The van der Waals surface area contributed by atoms with E-state index in [1.54, 1.807) is 7.11 Å². The number of hydrogen-bond acceptors (Lipinski definition) is 4. The first-order chi connectivity index (χ1) is 10.8. The van der Waals surface area contributed by atoms with Crippen molar-refractivity contribution in [1.29, 1.82) is 0 Å². The summed E-state index contributed by atoms with van der Waals surface area (Å²) in [5.74, 6) is 0.719. The lowest BCUT2D eigenvalue weighted by Crippen LogP contribution is -2.55. The SMILES string of the molecule is COCCN(C)CC1(C(=O)NCC(C)C)CCN(C(C)C)CC1. The Hall–Kier alpha value is -0.650. The molecule has 1 aliphatic rings. The summed E-state index contributed by atoms with van der Waals surface area (Å²) in [5.41, 5.74) is -0.261. The minimum absolute atomic E-state index is 0.235. The zero-order valence-electron chi connectivity index (χ0n) is 16.0. The molecule has 0 bridgehead atoms. The van der Waals surface area contributed by atoms with Gasteiger partial charge in [-0.15, -0.1) is 0 Å². The second-order valence-electron chi connectivity index (χ2n) is 7.74. The zero-order valence-corrected chi connectivity index (χ0v) is 16.0. The first-order valence-corrected chi connectivity index (χ1v) is 9.00. The van der Waals surface area contributed by atoms with Crippen LogP contribution < -0.4 is 5.32 Å². The van der Waals surface area contributed by atoms with Crippen LogP contribution in [0, 0.1) is 11.3 Å². The van der Waals surface area contributed by atoms with Crippen LogP contribution in [0.3, 0.4) is 0 Å². The third-order valence-electron chi connectivity index (χ3n) is 4.89. The van der Waals surface area contributed by atoms with Gasteiger partial charge in [-0.2, -0.15) is 0 Å². The first-order valence-electron chi connectivity index (χ1n) is 9.00. The molecule has 0 unspecified atom stereocenters. The molecule has 1 fully saturated rings. The Balaban J connectivity index is 2.74. The Bertz CT molecular complexity index is 350. The van der Waals surface area contributed by atoms with Crippen LogP contribution in [0.2, 0.25) is 0 Å². The van der Waals surface area contributed by atoms with E-state index in [0.717, 1.165) is 45.6 Å². The van der Waals surface area contributed by atoms with E-state index in [2.05, 4.69) is 49.9 Å². The van der Waals surface area contributed by atoms with Gasteiger partial charge < -0.3 is 19.9 Å². The minimum Gasteiger partial charge on any atom is -0.383 e.